The molecule has 11 nitrogen and oxygen atoms in total. The normalized spacial score (nSPS) is 31.6. The molecule has 3 atom stereocenters. The number of amides is 1. The predicted octanol–water partition coefficient (Wildman–Crippen LogP) is 2.72. The molecule has 5 fully saturated rings. The molecule has 5 aliphatic rings. The van der Waals surface area contributed by atoms with Crippen molar-refractivity contribution in [3.8, 4) is 0 Å². The molecular formula is C24H29FN8O3. The first-order valence-electron chi connectivity index (χ1n) is 12.7. The largest absolute Gasteiger partial charge is 0.441 e. The van der Waals surface area contributed by atoms with Gasteiger partial charge in [-0.1, -0.05) is 0 Å². The molecule has 0 unspecified atom stereocenters. The van der Waals surface area contributed by atoms with E-state index >= 15 is 4.39 Å². The van der Waals surface area contributed by atoms with E-state index in [9.17, 15) is 4.79 Å². The van der Waals surface area contributed by atoms with Crippen LogP contribution in [0.4, 0.5) is 20.8 Å². The lowest BCUT2D eigenvalue weighted by atomic mass is 9.50. The van der Waals surface area contributed by atoms with Crippen molar-refractivity contribution >= 4 is 23.2 Å². The molecule has 8 rings (SSSR count). The quantitative estimate of drug-likeness (QED) is 0.410. The Morgan fingerprint density at radius 1 is 1.28 bits per heavy atom. The van der Waals surface area contributed by atoms with Crippen LogP contribution in [0.3, 0.4) is 0 Å². The second kappa shape index (κ2) is 8.41. The number of anilines is 2. The van der Waals surface area contributed by atoms with Crippen molar-refractivity contribution in [2.24, 2.45) is 5.92 Å². The van der Waals surface area contributed by atoms with Gasteiger partial charge in [0.15, 0.2) is 23.9 Å². The Labute approximate surface area is 206 Å². The van der Waals surface area contributed by atoms with Gasteiger partial charge >= 0.3 is 6.09 Å². The minimum absolute atomic E-state index is 0.00699. The highest BCUT2D eigenvalue weighted by Gasteiger charge is 2.58. The summed E-state index contributed by atoms with van der Waals surface area (Å²) in [6, 6.07) is 3.58. The number of fused-ring (bicyclic) bond motifs is 1. The molecule has 3 saturated carbocycles. The van der Waals surface area contributed by atoms with Crippen molar-refractivity contribution in [1.82, 2.24) is 35.4 Å². The fourth-order valence-electron chi connectivity index (χ4n) is 5.97. The highest BCUT2D eigenvalue weighted by atomic mass is 19.1. The summed E-state index contributed by atoms with van der Waals surface area (Å²) < 4.78 is 28.0. The van der Waals surface area contributed by atoms with Crippen molar-refractivity contribution in [2.75, 3.05) is 25.0 Å². The molecule has 5 heterocycles. The number of rotatable bonds is 6. The number of nitrogens with zero attached hydrogens (tertiary/aromatic N) is 4. The zero-order valence-electron chi connectivity index (χ0n) is 19.7. The highest BCUT2D eigenvalue weighted by molar-refractivity contribution is 5.72. The van der Waals surface area contributed by atoms with Crippen LogP contribution in [0, 0.1) is 5.92 Å². The van der Waals surface area contributed by atoms with Gasteiger partial charge in [-0.15, -0.1) is 0 Å². The van der Waals surface area contributed by atoms with Gasteiger partial charge in [-0.05, 0) is 57.2 Å². The fourth-order valence-corrected chi connectivity index (χ4v) is 5.97. The number of hydrogen-bond donors (Lipinski definition) is 4. The molecule has 3 aromatic rings. The summed E-state index contributed by atoms with van der Waals surface area (Å²) in [5.74, 6) is 2.22. The highest BCUT2D eigenvalue weighted by Crippen LogP contribution is 2.57. The molecule has 36 heavy (non-hydrogen) atoms. The average Bonchev–Trinajstić information content (AvgIpc) is 3.57. The Balaban J connectivity index is 1.04. The van der Waals surface area contributed by atoms with Gasteiger partial charge in [0.05, 0.1) is 30.4 Å². The van der Waals surface area contributed by atoms with E-state index in [1.165, 1.54) is 0 Å². The number of nitrogens with one attached hydrogen (secondary N) is 4. The maximum atomic E-state index is 15.2. The Morgan fingerprint density at radius 3 is 2.89 bits per heavy atom. The van der Waals surface area contributed by atoms with Gasteiger partial charge in [-0.25, -0.2) is 18.7 Å². The van der Waals surface area contributed by atoms with Crippen LogP contribution < -0.4 is 16.0 Å². The molecule has 0 spiro atoms. The summed E-state index contributed by atoms with van der Waals surface area (Å²) in [5, 5.41) is 21.1. The van der Waals surface area contributed by atoms with Crippen molar-refractivity contribution < 1.29 is 18.7 Å². The van der Waals surface area contributed by atoms with Gasteiger partial charge in [0.1, 0.15) is 11.6 Å². The van der Waals surface area contributed by atoms with Crippen LogP contribution in [0.2, 0.25) is 0 Å². The van der Waals surface area contributed by atoms with E-state index in [1.54, 1.807) is 12.3 Å². The molecule has 3 aromatic heterocycles. The molecule has 12 heteroatoms. The van der Waals surface area contributed by atoms with E-state index in [1.807, 2.05) is 16.8 Å². The number of halogens is 1. The Bertz CT molecular complexity index is 1270. The SMILES string of the molecule is O=C(NC12CC(C1)C2)O[C@H]1CO[C@@H](c2cc(Nc3nc(C4CCNCC4)cn4nccc34)n[nH]2)[C@H]1F. The topological polar surface area (TPSA) is 130 Å². The van der Waals surface area contributed by atoms with Crippen molar-refractivity contribution in [1.29, 1.82) is 0 Å². The smallest absolute Gasteiger partial charge is 0.408 e. The van der Waals surface area contributed by atoms with Crippen molar-refractivity contribution in [3.05, 3.63) is 35.9 Å². The molecule has 3 aliphatic carbocycles. The average molecular weight is 497 g/mol. The van der Waals surface area contributed by atoms with Crippen LogP contribution in [-0.2, 0) is 9.47 Å². The molecule has 2 aliphatic heterocycles. The predicted molar refractivity (Wildman–Crippen MR) is 127 cm³/mol. The molecule has 0 aromatic carbocycles. The Kier molecular flexibility index (Phi) is 5.14. The number of carbonyl (C=O) groups is 1. The van der Waals surface area contributed by atoms with Crippen LogP contribution in [0.15, 0.2) is 24.5 Å². The molecule has 2 saturated heterocycles. The van der Waals surface area contributed by atoms with Gasteiger partial charge in [0, 0.05) is 17.5 Å². The van der Waals surface area contributed by atoms with E-state index in [-0.39, 0.29) is 12.1 Å². The minimum atomic E-state index is -1.50. The summed E-state index contributed by atoms with van der Waals surface area (Å²) >= 11 is 0. The maximum Gasteiger partial charge on any atom is 0.408 e. The molecule has 4 N–H and O–H groups in total. The number of alkyl carbamates (subject to hydrolysis) is 1. The molecule has 190 valence electrons. The zero-order chi connectivity index (χ0) is 24.3. The summed E-state index contributed by atoms with van der Waals surface area (Å²) in [7, 11) is 0. The zero-order valence-corrected chi connectivity index (χ0v) is 19.7. The van der Waals surface area contributed by atoms with Gasteiger partial charge in [-0.2, -0.15) is 10.2 Å². The van der Waals surface area contributed by atoms with Gasteiger partial charge in [0.25, 0.3) is 0 Å². The minimum Gasteiger partial charge on any atom is -0.441 e. The first-order valence-corrected chi connectivity index (χ1v) is 12.7. The summed E-state index contributed by atoms with van der Waals surface area (Å²) in [6.45, 7) is 1.93. The first-order chi connectivity index (χ1) is 17.6. The number of aromatic amines is 1. The van der Waals surface area contributed by atoms with Gasteiger partial charge < -0.3 is 25.4 Å². The van der Waals surface area contributed by atoms with E-state index < -0.39 is 24.5 Å². The number of piperidine rings is 1. The number of carbonyl (C=O) groups excluding carboxylic acids is 1. The van der Waals surface area contributed by atoms with Crippen molar-refractivity contribution in [3.63, 3.8) is 0 Å². The summed E-state index contributed by atoms with van der Waals surface area (Å²) in [4.78, 5) is 17.1. The molecule has 2 bridgehead atoms. The van der Waals surface area contributed by atoms with Crippen LogP contribution in [-0.4, -0.2) is 68.4 Å². The Hall–Kier alpha value is -3.25. The van der Waals surface area contributed by atoms with E-state index in [0.29, 0.717) is 23.2 Å². The van der Waals surface area contributed by atoms with Gasteiger partial charge in [-0.3, -0.25) is 5.10 Å². The third kappa shape index (κ3) is 3.79. The molecule has 1 amide bonds. The number of aromatic nitrogens is 5. The fraction of sp³-hybridized carbons (Fsp3) is 0.583. The maximum absolute atomic E-state index is 15.2. The second-order valence-electron chi connectivity index (χ2n) is 10.6. The first kappa shape index (κ1) is 22.0. The number of alkyl halides is 1. The van der Waals surface area contributed by atoms with Crippen molar-refractivity contribution in [2.45, 2.75) is 61.9 Å². The van der Waals surface area contributed by atoms with Gasteiger partial charge in [0.2, 0.25) is 0 Å². The van der Waals surface area contributed by atoms with Crippen LogP contribution in [0.1, 0.15) is 55.5 Å². The lowest BCUT2D eigenvalue weighted by molar-refractivity contribution is -0.0528. The third-order valence-electron chi connectivity index (χ3n) is 8.06. The lowest BCUT2D eigenvalue weighted by Gasteiger charge is -2.61. The molecule has 0 radical (unpaired) electrons. The second-order valence-corrected chi connectivity index (χ2v) is 10.6. The monoisotopic (exact) mass is 496 g/mol. The van der Waals surface area contributed by atoms with Crippen LogP contribution in [0.5, 0.6) is 0 Å². The third-order valence-corrected chi connectivity index (χ3v) is 8.06. The number of hydrogen-bond acceptors (Lipinski definition) is 8. The van der Waals surface area contributed by atoms with Crippen LogP contribution >= 0.6 is 0 Å². The summed E-state index contributed by atoms with van der Waals surface area (Å²) in [6.07, 6.45) is 4.81. The van der Waals surface area contributed by atoms with E-state index in [0.717, 1.165) is 62.3 Å². The standard InChI is InChI=1S/C24H29FN8O3/c25-20-18(36-23(34)30-24-8-13(9-24)10-24)12-35-21(20)15-7-19(32-31-15)29-22-17-3-6-27-33(17)11-16(28-22)14-1-4-26-5-2-14/h3,6-7,11,13-14,18,20-21,26H,1-2,4-5,8-10,12H2,(H,30,34)(H2,28,29,31,32)/t13?,18-,20-,21-,24?/m0/s1. The lowest BCUT2D eigenvalue weighted by Crippen LogP contribution is -2.68. The Morgan fingerprint density at radius 2 is 2.11 bits per heavy atom. The van der Waals surface area contributed by atoms with E-state index in [2.05, 4.69) is 31.2 Å². The molecular weight excluding hydrogens is 467 g/mol. The number of H-pyrrole nitrogens is 1. The van der Waals surface area contributed by atoms with E-state index in [4.69, 9.17) is 14.5 Å². The van der Waals surface area contributed by atoms with Crippen LogP contribution in [0.25, 0.3) is 5.52 Å². The number of ether oxygens (including phenoxy) is 2. The summed E-state index contributed by atoms with van der Waals surface area (Å²) in [5.41, 5.74) is 2.15.